The molecule has 0 bridgehead atoms. The normalized spacial score (nSPS) is 12.4. The molecule has 2 unspecified atom stereocenters. The molecule has 3 aromatic carbocycles. The summed E-state index contributed by atoms with van der Waals surface area (Å²) in [5.41, 5.74) is 1.84. The third-order valence-corrected chi connectivity index (χ3v) is 7.04. The molecular weight excluding hydrogens is 529 g/mol. The van der Waals surface area contributed by atoms with Gasteiger partial charge in [-0.15, -0.1) is 16.2 Å². The van der Waals surface area contributed by atoms with Crippen LogP contribution in [-0.4, -0.2) is 31.3 Å². The van der Waals surface area contributed by atoms with Crippen LogP contribution >= 0.6 is 22.9 Å². The van der Waals surface area contributed by atoms with E-state index in [2.05, 4.69) is 0 Å². The standard InChI is InChI=1S/C29H23ClFNO5S/c1-36-28(34)25-24(18-38-26(25)21-12-14-22(30)15-13-21)32(29(35)37-17-20-10-6-3-7-11-20)27(33)23(31)16-19-8-4-2-5-9-19/h2-15,18,23H,16-17H2,1H3/p+1. The van der Waals surface area contributed by atoms with Crippen LogP contribution in [-0.2, 0) is 27.3 Å². The molecule has 1 heterocycles. The van der Waals surface area contributed by atoms with Gasteiger partial charge in [-0.3, -0.25) is 0 Å². The molecule has 6 nitrogen and oxygen atoms in total. The van der Waals surface area contributed by atoms with Crippen molar-refractivity contribution in [1.29, 1.82) is 0 Å². The first-order valence-corrected chi connectivity index (χ1v) is 12.9. The Morgan fingerprint density at radius 1 is 0.921 bits per heavy atom. The molecule has 1 N–H and O–H groups in total. The maximum atomic E-state index is 15.4. The number of alkyl carbamates (subject to hydrolysis) is 1. The lowest BCUT2D eigenvalue weighted by Crippen LogP contribution is -3.14. The molecule has 0 radical (unpaired) electrons. The Hall–Kier alpha value is -3.85. The maximum Gasteiger partial charge on any atom is 0.527 e. The van der Waals surface area contributed by atoms with Gasteiger partial charge in [-0.25, -0.2) is 14.0 Å². The number of quaternary nitrogens is 1. The van der Waals surface area contributed by atoms with Gasteiger partial charge in [0.15, 0.2) is 5.69 Å². The van der Waals surface area contributed by atoms with Crippen molar-refractivity contribution < 1.29 is 33.1 Å². The van der Waals surface area contributed by atoms with Crippen LogP contribution < -0.4 is 4.90 Å². The minimum atomic E-state index is -2.04. The fourth-order valence-corrected chi connectivity index (χ4v) is 5.05. The molecular formula is C29H24ClFNO5S+. The van der Waals surface area contributed by atoms with Gasteiger partial charge in [-0.05, 0) is 28.8 Å². The molecule has 2 atom stereocenters. The van der Waals surface area contributed by atoms with Gasteiger partial charge < -0.3 is 9.47 Å². The number of ether oxygens (including phenoxy) is 2. The number of thiophene rings is 1. The quantitative estimate of drug-likeness (QED) is 0.279. The zero-order chi connectivity index (χ0) is 27.1. The van der Waals surface area contributed by atoms with Crippen molar-refractivity contribution in [3.8, 4) is 10.4 Å². The van der Waals surface area contributed by atoms with Gasteiger partial charge in [0.1, 0.15) is 12.2 Å². The number of methoxy groups -OCH3 is 1. The third kappa shape index (κ3) is 6.34. The molecule has 4 aromatic rings. The largest absolute Gasteiger partial charge is 0.527 e. The van der Waals surface area contributed by atoms with E-state index in [1.165, 1.54) is 12.5 Å². The molecule has 0 aliphatic heterocycles. The first-order valence-electron chi connectivity index (χ1n) is 11.7. The summed E-state index contributed by atoms with van der Waals surface area (Å²) in [6.45, 7) is -0.131. The van der Waals surface area contributed by atoms with E-state index in [1.807, 2.05) is 6.07 Å². The highest BCUT2D eigenvalue weighted by Gasteiger charge is 2.42. The zero-order valence-corrected chi connectivity index (χ0v) is 21.9. The van der Waals surface area contributed by atoms with Crippen LogP contribution in [0.1, 0.15) is 21.5 Å². The molecule has 194 valence electrons. The highest BCUT2D eigenvalue weighted by Crippen LogP contribution is 2.35. The van der Waals surface area contributed by atoms with Crippen molar-refractivity contribution in [2.75, 3.05) is 7.11 Å². The SMILES string of the molecule is COC(=O)c1c([NH+](C(=O)OCc2ccccc2)C(=O)C(F)Cc2ccccc2)csc1-c1ccc(Cl)cc1. The van der Waals surface area contributed by atoms with Crippen molar-refractivity contribution in [3.05, 3.63) is 112 Å². The minimum absolute atomic E-state index is 0.0215. The molecule has 4 rings (SSSR count). The second-order valence-electron chi connectivity index (χ2n) is 8.31. The molecule has 38 heavy (non-hydrogen) atoms. The first kappa shape index (κ1) is 27.2. The number of halogens is 2. The number of imide groups is 1. The van der Waals surface area contributed by atoms with Crippen LogP contribution in [0, 0.1) is 0 Å². The smallest absolute Gasteiger partial charge is 0.465 e. The summed E-state index contributed by atoms with van der Waals surface area (Å²) in [7, 11) is 1.19. The van der Waals surface area contributed by atoms with E-state index in [9.17, 15) is 14.4 Å². The Kier molecular flexibility index (Phi) is 9.02. The van der Waals surface area contributed by atoms with Gasteiger partial charge >= 0.3 is 18.0 Å². The Bertz CT molecular complexity index is 1410. The molecule has 0 fully saturated rings. The number of hydrogen-bond acceptors (Lipinski definition) is 6. The fourth-order valence-electron chi connectivity index (χ4n) is 3.87. The van der Waals surface area contributed by atoms with E-state index in [0.717, 1.165) is 11.3 Å². The number of hydrogen-bond donors (Lipinski definition) is 1. The van der Waals surface area contributed by atoms with Crippen LogP contribution in [0.3, 0.4) is 0 Å². The predicted molar refractivity (Wildman–Crippen MR) is 143 cm³/mol. The number of carbonyl (C=O) groups is 3. The molecule has 0 aliphatic rings. The Morgan fingerprint density at radius 3 is 2.13 bits per heavy atom. The molecule has 9 heteroatoms. The summed E-state index contributed by atoms with van der Waals surface area (Å²) < 4.78 is 25.8. The lowest BCUT2D eigenvalue weighted by Gasteiger charge is -2.17. The van der Waals surface area contributed by atoms with Gasteiger partial charge in [0.25, 0.3) is 0 Å². The second-order valence-corrected chi connectivity index (χ2v) is 9.63. The summed E-state index contributed by atoms with van der Waals surface area (Å²) in [5.74, 6) is -1.84. The molecule has 0 aliphatic carbocycles. The van der Waals surface area contributed by atoms with Crippen molar-refractivity contribution >= 4 is 46.6 Å². The van der Waals surface area contributed by atoms with E-state index in [-0.39, 0.29) is 24.3 Å². The van der Waals surface area contributed by atoms with Crippen molar-refractivity contribution in [3.63, 3.8) is 0 Å². The van der Waals surface area contributed by atoms with Crippen LogP contribution in [0.25, 0.3) is 10.4 Å². The van der Waals surface area contributed by atoms with E-state index >= 15 is 4.39 Å². The zero-order valence-electron chi connectivity index (χ0n) is 20.4. The number of rotatable bonds is 8. The fraction of sp³-hybridized carbons (Fsp3) is 0.138. The van der Waals surface area contributed by atoms with Crippen LogP contribution in [0.4, 0.5) is 14.9 Å². The third-order valence-electron chi connectivity index (χ3n) is 5.76. The first-order chi connectivity index (χ1) is 18.4. The monoisotopic (exact) mass is 552 g/mol. The molecule has 0 saturated carbocycles. The summed E-state index contributed by atoms with van der Waals surface area (Å²) in [5, 5.41) is 1.97. The molecule has 2 amide bonds. The van der Waals surface area contributed by atoms with Crippen molar-refractivity contribution in [2.45, 2.75) is 19.2 Å². The van der Waals surface area contributed by atoms with Crippen LogP contribution in [0.5, 0.6) is 0 Å². The number of esters is 1. The number of benzene rings is 3. The Morgan fingerprint density at radius 2 is 1.53 bits per heavy atom. The highest BCUT2D eigenvalue weighted by molar-refractivity contribution is 7.14. The average Bonchev–Trinajstić information content (AvgIpc) is 3.37. The summed E-state index contributed by atoms with van der Waals surface area (Å²) >= 11 is 7.14. The summed E-state index contributed by atoms with van der Waals surface area (Å²) in [6, 6.07) is 24.2. The van der Waals surface area contributed by atoms with E-state index < -0.39 is 29.0 Å². The van der Waals surface area contributed by atoms with Crippen LogP contribution in [0.2, 0.25) is 5.02 Å². The summed E-state index contributed by atoms with van der Waals surface area (Å²) in [6.07, 6.45) is -3.31. The van der Waals surface area contributed by atoms with Gasteiger partial charge in [0.05, 0.1) is 17.4 Å². The predicted octanol–water partition coefficient (Wildman–Crippen LogP) is 5.82. The topological polar surface area (TPSA) is 74.1 Å². The lowest BCUT2D eigenvalue weighted by atomic mass is 10.1. The van der Waals surface area contributed by atoms with Crippen molar-refractivity contribution in [2.24, 2.45) is 0 Å². The number of alkyl halides is 1. The maximum absolute atomic E-state index is 15.4. The van der Waals surface area contributed by atoms with E-state index in [1.54, 1.807) is 78.9 Å². The van der Waals surface area contributed by atoms with Gasteiger partial charge in [0.2, 0.25) is 6.17 Å². The van der Waals surface area contributed by atoms with Gasteiger partial charge in [-0.2, -0.15) is 4.79 Å². The Balaban J connectivity index is 1.74. The number of carbonyl (C=O) groups excluding carboxylic acids is 3. The molecule has 1 aromatic heterocycles. The van der Waals surface area contributed by atoms with E-state index in [4.69, 9.17) is 21.1 Å². The van der Waals surface area contributed by atoms with Crippen LogP contribution in [0.15, 0.2) is 90.3 Å². The highest BCUT2D eigenvalue weighted by atomic mass is 35.5. The minimum Gasteiger partial charge on any atom is -0.465 e. The second kappa shape index (κ2) is 12.6. The number of nitrogens with one attached hydrogen (secondary N) is 1. The molecule has 0 spiro atoms. The average molecular weight is 553 g/mol. The molecule has 0 saturated heterocycles. The Labute approximate surface area is 228 Å². The number of amides is 2. The van der Waals surface area contributed by atoms with E-state index in [0.29, 0.717) is 26.6 Å². The van der Waals surface area contributed by atoms with Gasteiger partial charge in [-0.1, -0.05) is 84.4 Å². The summed E-state index contributed by atoms with van der Waals surface area (Å²) in [4.78, 5) is 39.7. The van der Waals surface area contributed by atoms with Crippen molar-refractivity contribution in [1.82, 2.24) is 0 Å². The lowest BCUT2D eigenvalue weighted by molar-refractivity contribution is -0.670. The van der Waals surface area contributed by atoms with Gasteiger partial charge in [0, 0.05) is 11.4 Å².